The molecule has 2 aromatic carbocycles. The highest BCUT2D eigenvalue weighted by molar-refractivity contribution is 5.45. The molecule has 0 spiro atoms. The largest absolute Gasteiger partial charge is 0.321 e. The van der Waals surface area contributed by atoms with Crippen LogP contribution in [0.25, 0.3) is 0 Å². The fourth-order valence-corrected chi connectivity index (χ4v) is 2.23. The van der Waals surface area contributed by atoms with Gasteiger partial charge < -0.3 is 5.73 Å². The molecule has 0 radical (unpaired) electrons. The molecular weight excluding hydrogens is 240 g/mol. The minimum Gasteiger partial charge on any atom is -0.321 e. The van der Waals surface area contributed by atoms with Crippen LogP contribution in [0.15, 0.2) is 54.6 Å². The Morgan fingerprint density at radius 3 is 2.32 bits per heavy atom. The number of rotatable bonds is 4. The van der Waals surface area contributed by atoms with E-state index in [0.29, 0.717) is 12.0 Å². The van der Waals surface area contributed by atoms with Crippen molar-refractivity contribution >= 4 is 5.69 Å². The van der Waals surface area contributed by atoms with Crippen LogP contribution in [0.2, 0.25) is 0 Å². The molecule has 1 atom stereocenters. The molecule has 2 aromatic rings. The van der Waals surface area contributed by atoms with E-state index in [4.69, 9.17) is 5.73 Å². The molecule has 1 unspecified atom stereocenters. The van der Waals surface area contributed by atoms with E-state index >= 15 is 0 Å². The SMILES string of the molecule is CC(N)(Cc1ccccc1)c1ccccc1[N+](=O)[O-]. The second-order valence-corrected chi connectivity index (χ2v) is 4.85. The Morgan fingerprint density at radius 2 is 1.68 bits per heavy atom. The van der Waals surface area contributed by atoms with E-state index in [1.807, 2.05) is 37.3 Å². The van der Waals surface area contributed by atoms with E-state index in [-0.39, 0.29) is 10.6 Å². The number of nitro groups is 1. The molecule has 0 bridgehead atoms. The van der Waals surface area contributed by atoms with Gasteiger partial charge in [-0.2, -0.15) is 0 Å². The van der Waals surface area contributed by atoms with Gasteiger partial charge in [-0.25, -0.2) is 0 Å². The number of para-hydroxylation sites is 1. The Balaban J connectivity index is 2.37. The summed E-state index contributed by atoms with van der Waals surface area (Å²) in [5, 5.41) is 11.1. The van der Waals surface area contributed by atoms with Gasteiger partial charge in [0.1, 0.15) is 0 Å². The van der Waals surface area contributed by atoms with Crippen molar-refractivity contribution in [1.82, 2.24) is 0 Å². The second-order valence-electron chi connectivity index (χ2n) is 4.85. The van der Waals surface area contributed by atoms with Gasteiger partial charge in [0.25, 0.3) is 5.69 Å². The molecule has 2 N–H and O–H groups in total. The lowest BCUT2D eigenvalue weighted by atomic mass is 9.85. The first-order valence-electron chi connectivity index (χ1n) is 6.07. The summed E-state index contributed by atoms with van der Waals surface area (Å²) >= 11 is 0. The first-order chi connectivity index (χ1) is 9.00. The van der Waals surface area contributed by atoms with E-state index in [2.05, 4.69) is 0 Å². The van der Waals surface area contributed by atoms with Crippen LogP contribution in [0.3, 0.4) is 0 Å². The predicted molar refractivity (Wildman–Crippen MR) is 74.8 cm³/mol. The van der Waals surface area contributed by atoms with Gasteiger partial charge in [0.2, 0.25) is 0 Å². The van der Waals surface area contributed by atoms with Gasteiger partial charge in [-0.1, -0.05) is 48.5 Å². The molecule has 0 aliphatic heterocycles. The van der Waals surface area contributed by atoms with Crippen LogP contribution in [0, 0.1) is 10.1 Å². The summed E-state index contributed by atoms with van der Waals surface area (Å²) in [4.78, 5) is 10.7. The zero-order chi connectivity index (χ0) is 13.9. The molecule has 0 aliphatic rings. The van der Waals surface area contributed by atoms with Crippen molar-refractivity contribution < 1.29 is 4.92 Å². The van der Waals surface area contributed by atoms with Crippen molar-refractivity contribution in [1.29, 1.82) is 0 Å². The number of benzene rings is 2. The first kappa shape index (κ1) is 13.2. The molecule has 0 saturated carbocycles. The summed E-state index contributed by atoms with van der Waals surface area (Å²) in [7, 11) is 0. The smallest absolute Gasteiger partial charge is 0.274 e. The van der Waals surface area contributed by atoms with Gasteiger partial charge in [0.15, 0.2) is 0 Å². The summed E-state index contributed by atoms with van der Waals surface area (Å²) in [6.45, 7) is 1.82. The highest BCUT2D eigenvalue weighted by Crippen LogP contribution is 2.30. The maximum Gasteiger partial charge on any atom is 0.274 e. The third kappa shape index (κ3) is 2.98. The fourth-order valence-electron chi connectivity index (χ4n) is 2.23. The highest BCUT2D eigenvalue weighted by Gasteiger charge is 2.29. The molecule has 0 saturated heterocycles. The Kier molecular flexibility index (Phi) is 3.62. The highest BCUT2D eigenvalue weighted by atomic mass is 16.6. The lowest BCUT2D eigenvalue weighted by Gasteiger charge is -2.25. The Hall–Kier alpha value is -2.20. The zero-order valence-corrected chi connectivity index (χ0v) is 10.7. The van der Waals surface area contributed by atoms with Gasteiger partial charge in [0.05, 0.1) is 4.92 Å². The molecular formula is C15H16N2O2. The van der Waals surface area contributed by atoms with Crippen molar-refractivity contribution in [2.24, 2.45) is 5.73 Å². The number of nitrogens with zero attached hydrogens (tertiary/aromatic N) is 1. The summed E-state index contributed by atoms with van der Waals surface area (Å²) in [5.41, 5.74) is 7.22. The number of nitro benzene ring substituents is 1. The summed E-state index contributed by atoms with van der Waals surface area (Å²) < 4.78 is 0. The number of hydrogen-bond acceptors (Lipinski definition) is 3. The normalized spacial score (nSPS) is 13.8. The number of nitrogens with two attached hydrogens (primary N) is 1. The maximum atomic E-state index is 11.1. The first-order valence-corrected chi connectivity index (χ1v) is 6.07. The van der Waals surface area contributed by atoms with Crippen LogP contribution in [0.1, 0.15) is 18.1 Å². The van der Waals surface area contributed by atoms with Crippen LogP contribution in [-0.4, -0.2) is 4.92 Å². The average Bonchev–Trinajstić information content (AvgIpc) is 2.39. The molecule has 19 heavy (non-hydrogen) atoms. The Labute approximate surface area is 112 Å². The molecule has 0 fully saturated rings. The third-order valence-corrected chi connectivity index (χ3v) is 3.13. The Bertz CT molecular complexity index is 580. The number of hydrogen-bond donors (Lipinski definition) is 1. The summed E-state index contributed by atoms with van der Waals surface area (Å²) in [6, 6.07) is 16.4. The third-order valence-electron chi connectivity index (χ3n) is 3.13. The molecule has 0 heterocycles. The Morgan fingerprint density at radius 1 is 1.11 bits per heavy atom. The van der Waals surface area contributed by atoms with Gasteiger partial charge in [0, 0.05) is 17.2 Å². The molecule has 4 heteroatoms. The van der Waals surface area contributed by atoms with Crippen molar-refractivity contribution in [3.63, 3.8) is 0 Å². The van der Waals surface area contributed by atoms with Gasteiger partial charge in [-0.3, -0.25) is 10.1 Å². The zero-order valence-electron chi connectivity index (χ0n) is 10.7. The quantitative estimate of drug-likeness (QED) is 0.675. The minimum absolute atomic E-state index is 0.0726. The molecule has 2 rings (SSSR count). The topological polar surface area (TPSA) is 69.2 Å². The van der Waals surface area contributed by atoms with E-state index < -0.39 is 5.54 Å². The molecule has 98 valence electrons. The lowest BCUT2D eigenvalue weighted by molar-refractivity contribution is -0.386. The summed E-state index contributed by atoms with van der Waals surface area (Å²) in [6.07, 6.45) is 0.554. The van der Waals surface area contributed by atoms with Gasteiger partial charge in [-0.15, -0.1) is 0 Å². The predicted octanol–water partition coefficient (Wildman–Crippen LogP) is 3.01. The van der Waals surface area contributed by atoms with E-state index in [1.54, 1.807) is 18.2 Å². The van der Waals surface area contributed by atoms with Crippen LogP contribution < -0.4 is 5.73 Å². The molecule has 0 aliphatic carbocycles. The second kappa shape index (κ2) is 5.20. The van der Waals surface area contributed by atoms with E-state index in [0.717, 1.165) is 5.56 Å². The fraction of sp³-hybridized carbons (Fsp3) is 0.200. The lowest BCUT2D eigenvalue weighted by Crippen LogP contribution is -2.36. The van der Waals surface area contributed by atoms with Crippen molar-refractivity contribution in [3.8, 4) is 0 Å². The van der Waals surface area contributed by atoms with Crippen molar-refractivity contribution in [2.75, 3.05) is 0 Å². The molecule has 4 nitrogen and oxygen atoms in total. The average molecular weight is 256 g/mol. The summed E-state index contributed by atoms with van der Waals surface area (Å²) in [5.74, 6) is 0. The monoisotopic (exact) mass is 256 g/mol. The maximum absolute atomic E-state index is 11.1. The molecule has 0 aromatic heterocycles. The van der Waals surface area contributed by atoms with Crippen LogP contribution in [0.4, 0.5) is 5.69 Å². The van der Waals surface area contributed by atoms with Gasteiger partial charge in [-0.05, 0) is 18.9 Å². The van der Waals surface area contributed by atoms with E-state index in [9.17, 15) is 10.1 Å². The van der Waals surface area contributed by atoms with Crippen molar-refractivity contribution in [3.05, 3.63) is 75.8 Å². The van der Waals surface area contributed by atoms with E-state index in [1.165, 1.54) is 6.07 Å². The van der Waals surface area contributed by atoms with Crippen molar-refractivity contribution in [2.45, 2.75) is 18.9 Å². The van der Waals surface area contributed by atoms with Crippen LogP contribution >= 0.6 is 0 Å². The minimum atomic E-state index is -0.773. The van der Waals surface area contributed by atoms with Gasteiger partial charge >= 0.3 is 0 Å². The standard InChI is InChI=1S/C15H16N2O2/c1-15(16,11-12-7-3-2-4-8-12)13-9-5-6-10-14(13)17(18)19/h2-10H,11,16H2,1H3. The molecule has 0 amide bonds. The van der Waals surface area contributed by atoms with Crippen LogP contribution in [-0.2, 0) is 12.0 Å². The van der Waals surface area contributed by atoms with Crippen LogP contribution in [0.5, 0.6) is 0 Å².